The van der Waals surface area contributed by atoms with Gasteiger partial charge in [0.05, 0.1) is 12.3 Å². The van der Waals surface area contributed by atoms with Gasteiger partial charge in [-0.1, -0.05) is 11.8 Å². The Balaban J connectivity index is 2.13. The molecule has 1 fully saturated rings. The lowest BCUT2D eigenvalue weighted by Gasteiger charge is -2.13. The molecule has 1 aliphatic rings. The number of anilines is 1. The summed E-state index contributed by atoms with van der Waals surface area (Å²) in [5.41, 5.74) is 2.30. The molecule has 1 saturated heterocycles. The van der Waals surface area contributed by atoms with Crippen LogP contribution >= 0.6 is 11.8 Å². The molecule has 0 aromatic carbocycles. The van der Waals surface area contributed by atoms with E-state index in [0.717, 1.165) is 12.6 Å². The first-order valence-electron chi connectivity index (χ1n) is 4.98. The number of thioether (sulfide) groups is 1. The molecule has 2 heterocycles. The number of nitrogens with one attached hydrogen (secondary N) is 1. The van der Waals surface area contributed by atoms with Crippen LogP contribution in [0.4, 0.5) is 10.3 Å². The van der Waals surface area contributed by atoms with Crippen molar-refractivity contribution in [2.75, 3.05) is 12.0 Å². The van der Waals surface area contributed by atoms with Crippen molar-refractivity contribution >= 4 is 17.7 Å². The van der Waals surface area contributed by atoms with Crippen molar-refractivity contribution in [1.82, 2.24) is 9.97 Å². The van der Waals surface area contributed by atoms with E-state index in [2.05, 4.69) is 15.4 Å². The van der Waals surface area contributed by atoms with Gasteiger partial charge in [0.25, 0.3) is 0 Å². The van der Waals surface area contributed by atoms with Crippen LogP contribution in [0.3, 0.4) is 0 Å². The molecule has 0 amide bonds. The summed E-state index contributed by atoms with van der Waals surface area (Å²) in [6, 6.07) is 0. The molecular formula is C9H13FN4OS. The average Bonchev–Trinajstić information content (AvgIpc) is 2.68. The van der Waals surface area contributed by atoms with Crippen LogP contribution in [-0.2, 0) is 4.74 Å². The van der Waals surface area contributed by atoms with Crippen molar-refractivity contribution in [3.05, 3.63) is 12.0 Å². The lowest BCUT2D eigenvalue weighted by molar-refractivity contribution is 0.127. The monoisotopic (exact) mass is 244 g/mol. The summed E-state index contributed by atoms with van der Waals surface area (Å²) < 4.78 is 18.8. The first-order chi connectivity index (χ1) is 7.70. The number of aromatic nitrogens is 2. The van der Waals surface area contributed by atoms with Gasteiger partial charge >= 0.3 is 0 Å². The van der Waals surface area contributed by atoms with Gasteiger partial charge < -0.3 is 4.74 Å². The van der Waals surface area contributed by atoms with E-state index < -0.39 is 5.82 Å². The first-order valence-corrected chi connectivity index (χ1v) is 5.86. The van der Waals surface area contributed by atoms with Gasteiger partial charge in [-0.3, -0.25) is 5.43 Å². The molecule has 3 N–H and O–H groups in total. The number of rotatable bonds is 3. The summed E-state index contributed by atoms with van der Waals surface area (Å²) in [6.45, 7) is 2.69. The molecule has 1 aliphatic heterocycles. The van der Waals surface area contributed by atoms with Gasteiger partial charge in [0, 0.05) is 11.9 Å². The average molecular weight is 244 g/mol. The van der Waals surface area contributed by atoms with Crippen LogP contribution in [0.25, 0.3) is 0 Å². The van der Waals surface area contributed by atoms with E-state index in [1.165, 1.54) is 11.8 Å². The topological polar surface area (TPSA) is 73.1 Å². The summed E-state index contributed by atoms with van der Waals surface area (Å²) >= 11 is 1.37. The quantitative estimate of drug-likeness (QED) is 0.472. The molecule has 5 nitrogen and oxygen atoms in total. The van der Waals surface area contributed by atoms with E-state index in [1.807, 2.05) is 6.92 Å². The number of halogens is 1. The van der Waals surface area contributed by atoms with Crippen molar-refractivity contribution in [3.8, 4) is 0 Å². The van der Waals surface area contributed by atoms with Crippen LogP contribution in [0.5, 0.6) is 0 Å². The Morgan fingerprint density at radius 1 is 1.69 bits per heavy atom. The second-order valence-electron chi connectivity index (χ2n) is 3.51. The number of hydrogen-bond acceptors (Lipinski definition) is 6. The maximum absolute atomic E-state index is 13.4. The minimum Gasteiger partial charge on any atom is -0.377 e. The van der Waals surface area contributed by atoms with E-state index in [4.69, 9.17) is 10.6 Å². The molecule has 2 unspecified atom stereocenters. The molecule has 7 heteroatoms. The molecule has 88 valence electrons. The van der Waals surface area contributed by atoms with E-state index in [1.54, 1.807) is 0 Å². The third-order valence-electron chi connectivity index (χ3n) is 2.41. The summed E-state index contributed by atoms with van der Waals surface area (Å²) in [6.07, 6.45) is 2.14. The van der Waals surface area contributed by atoms with Crippen LogP contribution in [0.1, 0.15) is 13.3 Å². The molecule has 0 aliphatic carbocycles. The van der Waals surface area contributed by atoms with Gasteiger partial charge in [-0.25, -0.2) is 20.2 Å². The van der Waals surface area contributed by atoms with Crippen LogP contribution in [0, 0.1) is 5.82 Å². The molecule has 0 bridgehead atoms. The zero-order valence-electron chi connectivity index (χ0n) is 8.81. The second kappa shape index (κ2) is 4.94. The number of ether oxygens (including phenoxy) is 1. The third kappa shape index (κ3) is 2.42. The number of hydrazine groups is 1. The summed E-state index contributed by atoms with van der Waals surface area (Å²) in [4.78, 5) is 7.66. The largest absolute Gasteiger partial charge is 0.377 e. The highest BCUT2D eigenvalue weighted by Crippen LogP contribution is 2.32. The minimum absolute atomic E-state index is 0.119. The van der Waals surface area contributed by atoms with Crippen LogP contribution in [0.15, 0.2) is 11.2 Å². The van der Waals surface area contributed by atoms with E-state index in [-0.39, 0.29) is 17.3 Å². The number of hydrogen-bond donors (Lipinski definition) is 2. The minimum atomic E-state index is -0.428. The Bertz CT molecular complexity index is 379. The van der Waals surface area contributed by atoms with E-state index >= 15 is 0 Å². The van der Waals surface area contributed by atoms with Crippen LogP contribution in [0.2, 0.25) is 0 Å². The van der Waals surface area contributed by atoms with E-state index in [9.17, 15) is 4.39 Å². The van der Waals surface area contributed by atoms with Gasteiger partial charge in [0.1, 0.15) is 5.03 Å². The Morgan fingerprint density at radius 2 is 2.50 bits per heavy atom. The number of nitrogens with zero attached hydrogens (tertiary/aromatic N) is 2. The Kier molecular flexibility index (Phi) is 3.57. The lowest BCUT2D eigenvalue weighted by Crippen LogP contribution is -2.15. The van der Waals surface area contributed by atoms with E-state index in [0.29, 0.717) is 11.6 Å². The standard InChI is InChI=1S/C9H13FN4OS/c1-5-7(2-3-15-5)16-8-6(10)4-12-9(13-8)14-11/h4-5,7H,2-3,11H2,1H3,(H,12,13,14). The molecule has 0 saturated carbocycles. The smallest absolute Gasteiger partial charge is 0.238 e. The molecule has 2 rings (SSSR count). The van der Waals surface area contributed by atoms with Gasteiger partial charge in [-0.05, 0) is 13.3 Å². The summed E-state index contributed by atoms with van der Waals surface area (Å²) in [5.74, 6) is 4.96. The molecule has 0 radical (unpaired) electrons. The zero-order chi connectivity index (χ0) is 11.5. The molecule has 1 aromatic heterocycles. The van der Waals surface area contributed by atoms with Gasteiger partial charge in [-0.15, -0.1) is 0 Å². The normalized spacial score (nSPS) is 24.7. The highest BCUT2D eigenvalue weighted by Gasteiger charge is 2.26. The summed E-state index contributed by atoms with van der Waals surface area (Å²) in [7, 11) is 0. The maximum Gasteiger partial charge on any atom is 0.238 e. The van der Waals surface area contributed by atoms with Crippen molar-refractivity contribution in [2.24, 2.45) is 5.84 Å². The maximum atomic E-state index is 13.4. The van der Waals surface area contributed by atoms with Crippen molar-refractivity contribution in [2.45, 2.75) is 29.7 Å². The SMILES string of the molecule is CC1OCCC1Sc1nc(NN)ncc1F. The second-order valence-corrected chi connectivity index (χ2v) is 4.74. The van der Waals surface area contributed by atoms with Crippen molar-refractivity contribution < 1.29 is 9.13 Å². The lowest BCUT2D eigenvalue weighted by atomic mass is 10.3. The fourth-order valence-electron chi connectivity index (χ4n) is 1.51. The molecule has 1 aromatic rings. The van der Waals surface area contributed by atoms with Crippen molar-refractivity contribution in [3.63, 3.8) is 0 Å². The third-order valence-corrected chi connectivity index (χ3v) is 3.84. The van der Waals surface area contributed by atoms with Gasteiger partial charge in [-0.2, -0.15) is 0 Å². The fraction of sp³-hybridized carbons (Fsp3) is 0.556. The van der Waals surface area contributed by atoms with Gasteiger partial charge in [0.15, 0.2) is 5.82 Å². The van der Waals surface area contributed by atoms with Gasteiger partial charge in [0.2, 0.25) is 5.95 Å². The van der Waals surface area contributed by atoms with Crippen molar-refractivity contribution in [1.29, 1.82) is 0 Å². The molecule has 0 spiro atoms. The first kappa shape index (κ1) is 11.6. The van der Waals surface area contributed by atoms with Crippen LogP contribution in [-0.4, -0.2) is 27.9 Å². The predicted molar refractivity (Wildman–Crippen MR) is 59.5 cm³/mol. The number of nitrogens with two attached hydrogens (primary N) is 1. The Labute approximate surface area is 97.0 Å². The summed E-state index contributed by atoms with van der Waals surface area (Å²) in [5, 5.41) is 0.542. The molecule has 2 atom stereocenters. The highest BCUT2D eigenvalue weighted by molar-refractivity contribution is 7.99. The Morgan fingerprint density at radius 3 is 3.12 bits per heavy atom. The fourth-order valence-corrected chi connectivity index (χ4v) is 2.59. The van der Waals surface area contributed by atoms with Crippen LogP contribution < -0.4 is 11.3 Å². The Hall–Kier alpha value is -0.920. The zero-order valence-corrected chi connectivity index (χ0v) is 9.63. The highest BCUT2D eigenvalue weighted by atomic mass is 32.2. The number of nitrogen functional groups attached to an aromatic ring is 1. The molecular weight excluding hydrogens is 231 g/mol. The predicted octanol–water partition coefficient (Wildman–Crippen LogP) is 1.17. The molecule has 16 heavy (non-hydrogen) atoms.